The Balaban J connectivity index is 2.28. The molecule has 0 unspecified atom stereocenters. The molecule has 0 aromatic carbocycles. The van der Waals surface area contributed by atoms with E-state index in [2.05, 4.69) is 0 Å². The summed E-state index contributed by atoms with van der Waals surface area (Å²) in [7, 11) is 0. The van der Waals surface area contributed by atoms with Gasteiger partial charge in [0, 0.05) is 13.0 Å². The van der Waals surface area contributed by atoms with E-state index in [0.717, 1.165) is 0 Å². The van der Waals surface area contributed by atoms with Gasteiger partial charge in [0.1, 0.15) is 22.8 Å². The number of hydrogen-bond acceptors (Lipinski definition) is 6. The number of furan rings is 1. The number of carbonyl (C=O) groups excluding carboxylic acids is 2. The standard InChI is InChI=1S/C14H12O6/c1-7-5-10(16)13(14(18)19-7)11(17)6-9-3-4-12(20-9)8(2)15/h3-5,16H,6H2,1-2H3. The lowest BCUT2D eigenvalue weighted by Crippen LogP contribution is -2.16. The second-order valence-corrected chi connectivity index (χ2v) is 4.33. The Morgan fingerprint density at radius 1 is 1.25 bits per heavy atom. The molecule has 0 amide bonds. The quantitative estimate of drug-likeness (QED) is 0.856. The molecule has 0 saturated heterocycles. The third kappa shape index (κ3) is 2.69. The Labute approximate surface area is 113 Å². The van der Waals surface area contributed by atoms with Crippen LogP contribution in [0.25, 0.3) is 0 Å². The minimum absolute atomic E-state index is 0.132. The summed E-state index contributed by atoms with van der Waals surface area (Å²) in [5.41, 5.74) is -1.32. The summed E-state index contributed by atoms with van der Waals surface area (Å²) in [6.45, 7) is 2.83. The van der Waals surface area contributed by atoms with Crippen molar-refractivity contribution < 1.29 is 23.5 Å². The Morgan fingerprint density at radius 2 is 1.95 bits per heavy atom. The molecular formula is C14H12O6. The van der Waals surface area contributed by atoms with E-state index in [9.17, 15) is 19.5 Å². The van der Waals surface area contributed by atoms with E-state index in [-0.39, 0.29) is 29.5 Å². The van der Waals surface area contributed by atoms with Crippen molar-refractivity contribution in [3.63, 3.8) is 0 Å². The first-order valence-electron chi connectivity index (χ1n) is 5.85. The molecule has 0 bridgehead atoms. The van der Waals surface area contributed by atoms with Gasteiger partial charge in [0.15, 0.2) is 17.3 Å². The van der Waals surface area contributed by atoms with Gasteiger partial charge in [0.05, 0.1) is 6.42 Å². The zero-order valence-corrected chi connectivity index (χ0v) is 10.9. The Kier molecular flexibility index (Phi) is 3.56. The SMILES string of the molecule is CC(=O)c1ccc(CC(=O)c2c(O)cc(C)oc2=O)o1. The largest absolute Gasteiger partial charge is 0.507 e. The van der Waals surface area contributed by atoms with Crippen LogP contribution in [-0.4, -0.2) is 16.7 Å². The first-order chi connectivity index (χ1) is 9.38. The molecule has 0 fully saturated rings. The topological polar surface area (TPSA) is 97.7 Å². The Morgan fingerprint density at radius 3 is 2.50 bits per heavy atom. The molecule has 1 N–H and O–H groups in total. The van der Waals surface area contributed by atoms with Crippen molar-refractivity contribution in [2.45, 2.75) is 20.3 Å². The van der Waals surface area contributed by atoms with Crippen molar-refractivity contribution in [1.29, 1.82) is 0 Å². The van der Waals surface area contributed by atoms with Gasteiger partial charge in [0.2, 0.25) is 0 Å². The van der Waals surface area contributed by atoms with Crippen molar-refractivity contribution in [2.24, 2.45) is 0 Å². The van der Waals surface area contributed by atoms with Gasteiger partial charge in [-0.25, -0.2) is 4.79 Å². The Hall–Kier alpha value is -2.63. The average molecular weight is 276 g/mol. The van der Waals surface area contributed by atoms with E-state index in [1.165, 1.54) is 32.0 Å². The Bertz CT molecular complexity index is 734. The zero-order chi connectivity index (χ0) is 14.9. The monoisotopic (exact) mass is 276 g/mol. The van der Waals surface area contributed by atoms with Crippen LogP contribution in [0.2, 0.25) is 0 Å². The number of hydrogen-bond donors (Lipinski definition) is 1. The van der Waals surface area contributed by atoms with Gasteiger partial charge in [-0.3, -0.25) is 9.59 Å². The molecule has 2 aromatic heterocycles. The highest BCUT2D eigenvalue weighted by Gasteiger charge is 2.20. The molecule has 0 radical (unpaired) electrons. The second-order valence-electron chi connectivity index (χ2n) is 4.33. The molecule has 6 heteroatoms. The maximum Gasteiger partial charge on any atom is 0.350 e. The van der Waals surface area contributed by atoms with Gasteiger partial charge in [-0.05, 0) is 19.1 Å². The van der Waals surface area contributed by atoms with Crippen LogP contribution in [0.15, 0.2) is 31.8 Å². The van der Waals surface area contributed by atoms with Crippen LogP contribution in [0.3, 0.4) is 0 Å². The second kappa shape index (κ2) is 5.16. The number of Topliss-reactive ketones (excluding diaryl/α,β-unsaturated/α-hetero) is 2. The fraction of sp³-hybridized carbons (Fsp3) is 0.214. The molecule has 2 rings (SSSR count). The third-order valence-corrected chi connectivity index (χ3v) is 2.68. The molecule has 0 aliphatic carbocycles. The molecule has 20 heavy (non-hydrogen) atoms. The fourth-order valence-corrected chi connectivity index (χ4v) is 1.76. The van der Waals surface area contributed by atoms with Crippen LogP contribution in [0.5, 0.6) is 5.75 Å². The number of ketones is 2. The van der Waals surface area contributed by atoms with Crippen LogP contribution in [-0.2, 0) is 6.42 Å². The number of aryl methyl sites for hydroxylation is 1. The molecule has 0 aliphatic rings. The summed E-state index contributed by atoms with van der Waals surface area (Å²) in [5, 5.41) is 9.65. The molecule has 0 spiro atoms. The average Bonchev–Trinajstić information content (AvgIpc) is 2.75. The van der Waals surface area contributed by atoms with E-state index in [1.54, 1.807) is 0 Å². The van der Waals surface area contributed by atoms with E-state index >= 15 is 0 Å². The summed E-state index contributed by atoms with van der Waals surface area (Å²) in [6, 6.07) is 4.11. The van der Waals surface area contributed by atoms with Crippen LogP contribution in [0.4, 0.5) is 0 Å². The van der Waals surface area contributed by atoms with Crippen LogP contribution >= 0.6 is 0 Å². The smallest absolute Gasteiger partial charge is 0.350 e. The molecule has 2 heterocycles. The number of aromatic hydroxyl groups is 1. The van der Waals surface area contributed by atoms with E-state index in [0.29, 0.717) is 0 Å². The van der Waals surface area contributed by atoms with Gasteiger partial charge in [-0.2, -0.15) is 0 Å². The maximum atomic E-state index is 12.0. The summed E-state index contributed by atoms with van der Waals surface area (Å²) in [5.74, 6) is -0.752. The van der Waals surface area contributed by atoms with Crippen molar-refractivity contribution in [3.8, 4) is 5.75 Å². The molecule has 0 atom stereocenters. The molecular weight excluding hydrogens is 264 g/mol. The molecule has 0 saturated carbocycles. The molecule has 0 aliphatic heterocycles. The lowest BCUT2D eigenvalue weighted by molar-refractivity contribution is 0.0959. The minimum Gasteiger partial charge on any atom is -0.507 e. The number of carbonyl (C=O) groups is 2. The first-order valence-corrected chi connectivity index (χ1v) is 5.85. The maximum absolute atomic E-state index is 12.0. The minimum atomic E-state index is -0.897. The van der Waals surface area contributed by atoms with Gasteiger partial charge >= 0.3 is 5.63 Å². The summed E-state index contributed by atoms with van der Waals surface area (Å²) in [6.07, 6.45) is -0.241. The highest BCUT2D eigenvalue weighted by atomic mass is 16.4. The summed E-state index contributed by atoms with van der Waals surface area (Å²) in [4.78, 5) is 34.6. The predicted octanol–water partition coefficient (Wildman–Crippen LogP) is 1.87. The summed E-state index contributed by atoms with van der Waals surface area (Å²) < 4.78 is 9.93. The highest BCUT2D eigenvalue weighted by molar-refractivity contribution is 5.99. The number of rotatable bonds is 4. The summed E-state index contributed by atoms with van der Waals surface area (Å²) >= 11 is 0. The lowest BCUT2D eigenvalue weighted by atomic mass is 10.1. The van der Waals surface area contributed by atoms with Crippen LogP contribution < -0.4 is 5.63 Å². The van der Waals surface area contributed by atoms with Crippen molar-refractivity contribution in [1.82, 2.24) is 0 Å². The normalized spacial score (nSPS) is 10.5. The van der Waals surface area contributed by atoms with Crippen molar-refractivity contribution in [3.05, 3.63) is 51.5 Å². The fourth-order valence-electron chi connectivity index (χ4n) is 1.76. The lowest BCUT2D eigenvalue weighted by Gasteiger charge is -2.01. The van der Waals surface area contributed by atoms with E-state index in [4.69, 9.17) is 8.83 Å². The zero-order valence-electron chi connectivity index (χ0n) is 10.9. The highest BCUT2D eigenvalue weighted by Crippen LogP contribution is 2.18. The van der Waals surface area contributed by atoms with Gasteiger partial charge < -0.3 is 13.9 Å². The third-order valence-electron chi connectivity index (χ3n) is 2.68. The van der Waals surface area contributed by atoms with Gasteiger partial charge in [-0.1, -0.05) is 0 Å². The van der Waals surface area contributed by atoms with E-state index < -0.39 is 22.7 Å². The van der Waals surface area contributed by atoms with Crippen molar-refractivity contribution in [2.75, 3.05) is 0 Å². The molecule has 6 nitrogen and oxygen atoms in total. The molecule has 104 valence electrons. The van der Waals surface area contributed by atoms with Crippen LogP contribution in [0, 0.1) is 6.92 Å². The van der Waals surface area contributed by atoms with Crippen LogP contribution in [0.1, 0.15) is 39.4 Å². The van der Waals surface area contributed by atoms with Gasteiger partial charge in [-0.15, -0.1) is 0 Å². The first kappa shape index (κ1) is 13.8. The molecule has 2 aromatic rings. The van der Waals surface area contributed by atoms with Crippen molar-refractivity contribution >= 4 is 11.6 Å². The predicted molar refractivity (Wildman–Crippen MR) is 68.1 cm³/mol. The van der Waals surface area contributed by atoms with E-state index in [1.807, 2.05) is 0 Å². The van der Waals surface area contributed by atoms with Gasteiger partial charge in [0.25, 0.3) is 0 Å².